The van der Waals surface area contributed by atoms with E-state index in [0.717, 1.165) is 43.2 Å². The molecule has 0 radical (unpaired) electrons. The maximum atomic E-state index is 13.1. The molecule has 0 aromatic heterocycles. The van der Waals surface area contributed by atoms with Crippen molar-refractivity contribution in [3.63, 3.8) is 0 Å². The lowest BCUT2D eigenvalue weighted by molar-refractivity contribution is -0.00870. The number of piperidine rings is 1. The second-order valence-corrected chi connectivity index (χ2v) is 5.98. The maximum Gasteiger partial charge on any atom is 0.123 e. The minimum absolute atomic E-state index is 0.188. The summed E-state index contributed by atoms with van der Waals surface area (Å²) in [5, 5.41) is 10.4. The summed E-state index contributed by atoms with van der Waals surface area (Å²) < 4.78 is 18.5. The standard InChI is InChI=1S/C15H23FNO2P/c1-19-14-5-4-13(10-18)17(9-14)7-6-11-2-3-12(16)8-15(11)20/h2-3,8,13-14,18H,4-7,9-10,20H2,1H3/t13-,14-/m1/s1. The highest BCUT2D eigenvalue weighted by Crippen LogP contribution is 2.19. The summed E-state index contributed by atoms with van der Waals surface area (Å²) >= 11 is 0. The third-order valence-electron chi connectivity index (χ3n) is 4.10. The number of methoxy groups -OCH3 is 1. The Morgan fingerprint density at radius 2 is 2.25 bits per heavy atom. The number of halogens is 1. The fourth-order valence-corrected chi connectivity index (χ4v) is 3.19. The molecule has 1 heterocycles. The average molecular weight is 299 g/mol. The average Bonchev–Trinajstić information content (AvgIpc) is 2.46. The normalized spacial score (nSPS) is 24.0. The fraction of sp³-hybridized carbons (Fsp3) is 0.600. The number of rotatable bonds is 5. The Kier molecular flexibility index (Phi) is 5.91. The summed E-state index contributed by atoms with van der Waals surface area (Å²) in [6.45, 7) is 1.90. The van der Waals surface area contributed by atoms with Crippen LogP contribution < -0.4 is 5.30 Å². The first kappa shape index (κ1) is 15.8. The lowest BCUT2D eigenvalue weighted by atomic mass is 9.99. The summed E-state index contributed by atoms with van der Waals surface area (Å²) in [6, 6.07) is 5.09. The van der Waals surface area contributed by atoms with Gasteiger partial charge < -0.3 is 9.84 Å². The van der Waals surface area contributed by atoms with Crippen LogP contribution in [0.2, 0.25) is 0 Å². The van der Waals surface area contributed by atoms with Crippen LogP contribution in [0.25, 0.3) is 0 Å². The summed E-state index contributed by atoms with van der Waals surface area (Å²) in [5.41, 5.74) is 1.13. The van der Waals surface area contributed by atoms with Gasteiger partial charge in [0, 0.05) is 26.2 Å². The second kappa shape index (κ2) is 7.46. The largest absolute Gasteiger partial charge is 0.395 e. The van der Waals surface area contributed by atoms with Crippen molar-refractivity contribution in [1.29, 1.82) is 0 Å². The van der Waals surface area contributed by atoms with Gasteiger partial charge in [-0.25, -0.2) is 4.39 Å². The minimum atomic E-state index is -0.204. The molecule has 20 heavy (non-hydrogen) atoms. The predicted octanol–water partition coefficient (Wildman–Crippen LogP) is 1.34. The minimum Gasteiger partial charge on any atom is -0.395 e. The van der Waals surface area contributed by atoms with E-state index in [4.69, 9.17) is 4.74 Å². The fourth-order valence-electron chi connectivity index (χ4n) is 2.79. The van der Waals surface area contributed by atoms with E-state index in [-0.39, 0.29) is 24.6 Å². The lowest BCUT2D eigenvalue weighted by Gasteiger charge is -2.38. The van der Waals surface area contributed by atoms with Crippen LogP contribution in [-0.2, 0) is 11.2 Å². The molecule has 1 aliphatic rings. The quantitative estimate of drug-likeness (QED) is 0.833. The van der Waals surface area contributed by atoms with Gasteiger partial charge in [-0.15, -0.1) is 9.24 Å². The molecular weight excluding hydrogens is 276 g/mol. The van der Waals surface area contributed by atoms with Gasteiger partial charge in [-0.05, 0) is 42.3 Å². The van der Waals surface area contributed by atoms with E-state index in [1.807, 2.05) is 6.07 Å². The first-order chi connectivity index (χ1) is 9.63. The number of ether oxygens (including phenoxy) is 1. The van der Waals surface area contributed by atoms with Crippen molar-refractivity contribution in [2.75, 3.05) is 26.8 Å². The number of aliphatic hydroxyl groups is 1. The van der Waals surface area contributed by atoms with E-state index in [1.54, 1.807) is 7.11 Å². The number of nitrogens with zero attached hydrogens (tertiary/aromatic N) is 1. The second-order valence-electron chi connectivity index (χ2n) is 5.36. The lowest BCUT2D eigenvalue weighted by Crippen LogP contribution is -2.48. The highest BCUT2D eigenvalue weighted by Gasteiger charge is 2.27. The molecule has 0 bridgehead atoms. The molecule has 1 fully saturated rings. The molecule has 0 amide bonds. The van der Waals surface area contributed by atoms with E-state index in [2.05, 4.69) is 14.1 Å². The Balaban J connectivity index is 1.96. The topological polar surface area (TPSA) is 32.7 Å². The summed E-state index contributed by atoms with van der Waals surface area (Å²) in [5.74, 6) is -0.204. The molecule has 1 unspecified atom stereocenters. The van der Waals surface area contributed by atoms with Gasteiger partial charge in [0.2, 0.25) is 0 Å². The molecular formula is C15H23FNO2P. The Bertz CT molecular complexity index is 444. The Labute approximate surface area is 122 Å². The molecule has 1 aromatic rings. The molecule has 0 spiro atoms. The van der Waals surface area contributed by atoms with Gasteiger partial charge in [0.25, 0.3) is 0 Å². The Hall–Kier alpha value is -0.540. The zero-order valence-corrected chi connectivity index (χ0v) is 13.0. The highest BCUT2D eigenvalue weighted by atomic mass is 31.0. The van der Waals surface area contributed by atoms with Crippen LogP contribution in [0.5, 0.6) is 0 Å². The molecule has 0 saturated carbocycles. The van der Waals surface area contributed by atoms with Crippen LogP contribution in [0.3, 0.4) is 0 Å². The van der Waals surface area contributed by atoms with Crippen LogP contribution in [0, 0.1) is 5.82 Å². The predicted molar refractivity (Wildman–Crippen MR) is 81.9 cm³/mol. The zero-order valence-electron chi connectivity index (χ0n) is 11.9. The third-order valence-corrected chi connectivity index (χ3v) is 4.63. The molecule has 1 aromatic carbocycles. The van der Waals surface area contributed by atoms with Crippen molar-refractivity contribution < 1.29 is 14.2 Å². The van der Waals surface area contributed by atoms with Gasteiger partial charge in [0.15, 0.2) is 0 Å². The number of hydrogen-bond acceptors (Lipinski definition) is 3. The van der Waals surface area contributed by atoms with Crippen molar-refractivity contribution in [3.8, 4) is 0 Å². The number of benzene rings is 1. The molecule has 1 aliphatic heterocycles. The molecule has 3 atom stereocenters. The number of hydrogen-bond donors (Lipinski definition) is 1. The van der Waals surface area contributed by atoms with Crippen molar-refractivity contribution in [1.82, 2.24) is 4.90 Å². The summed E-state index contributed by atoms with van der Waals surface area (Å²) in [4.78, 5) is 2.28. The first-order valence-electron chi connectivity index (χ1n) is 7.05. The monoisotopic (exact) mass is 299 g/mol. The molecule has 1 N–H and O–H groups in total. The van der Waals surface area contributed by atoms with Crippen LogP contribution in [-0.4, -0.2) is 49.0 Å². The maximum absolute atomic E-state index is 13.1. The van der Waals surface area contributed by atoms with Crippen LogP contribution >= 0.6 is 9.24 Å². The highest BCUT2D eigenvalue weighted by molar-refractivity contribution is 7.27. The third kappa shape index (κ3) is 3.98. The molecule has 5 heteroatoms. The Morgan fingerprint density at radius 1 is 1.45 bits per heavy atom. The molecule has 112 valence electrons. The van der Waals surface area contributed by atoms with Gasteiger partial charge in [0.05, 0.1) is 12.7 Å². The van der Waals surface area contributed by atoms with Gasteiger partial charge in [0.1, 0.15) is 5.82 Å². The SMILES string of the molecule is CO[C@@H]1CC[C@H](CO)N(CCc2ccc(F)cc2P)C1. The van der Waals surface area contributed by atoms with Gasteiger partial charge in [-0.2, -0.15) is 0 Å². The smallest absolute Gasteiger partial charge is 0.123 e. The van der Waals surface area contributed by atoms with E-state index < -0.39 is 0 Å². The summed E-state index contributed by atoms with van der Waals surface area (Å²) in [6.07, 6.45) is 3.07. The van der Waals surface area contributed by atoms with Crippen LogP contribution in [0.15, 0.2) is 18.2 Å². The van der Waals surface area contributed by atoms with Crippen molar-refractivity contribution in [2.45, 2.75) is 31.4 Å². The molecule has 2 rings (SSSR count). The van der Waals surface area contributed by atoms with Crippen LogP contribution in [0.4, 0.5) is 4.39 Å². The van der Waals surface area contributed by atoms with Crippen molar-refractivity contribution >= 4 is 14.5 Å². The van der Waals surface area contributed by atoms with Crippen LogP contribution in [0.1, 0.15) is 18.4 Å². The van der Waals surface area contributed by atoms with E-state index in [0.29, 0.717) is 0 Å². The van der Waals surface area contributed by atoms with Crippen molar-refractivity contribution in [2.24, 2.45) is 0 Å². The number of likely N-dealkylation sites (tertiary alicyclic amines) is 1. The van der Waals surface area contributed by atoms with Gasteiger partial charge >= 0.3 is 0 Å². The number of aliphatic hydroxyl groups excluding tert-OH is 1. The van der Waals surface area contributed by atoms with Gasteiger partial charge in [-0.1, -0.05) is 6.07 Å². The van der Waals surface area contributed by atoms with E-state index in [9.17, 15) is 9.50 Å². The summed E-state index contributed by atoms with van der Waals surface area (Å²) in [7, 11) is 4.33. The van der Waals surface area contributed by atoms with Gasteiger partial charge in [-0.3, -0.25) is 4.90 Å². The Morgan fingerprint density at radius 3 is 2.90 bits per heavy atom. The van der Waals surface area contributed by atoms with E-state index in [1.165, 1.54) is 12.1 Å². The zero-order chi connectivity index (χ0) is 14.5. The van der Waals surface area contributed by atoms with E-state index >= 15 is 0 Å². The molecule has 1 saturated heterocycles. The molecule has 0 aliphatic carbocycles. The molecule has 3 nitrogen and oxygen atoms in total. The van der Waals surface area contributed by atoms with Crippen molar-refractivity contribution in [3.05, 3.63) is 29.6 Å². The first-order valence-corrected chi connectivity index (χ1v) is 7.63.